The highest BCUT2D eigenvalue weighted by Crippen LogP contribution is 2.14. The molecule has 0 saturated carbocycles. The number of halogens is 3. The minimum atomic E-state index is -4.33. The lowest BCUT2D eigenvalue weighted by Crippen LogP contribution is -2.39. The molecular weight excluding hydrogens is 303 g/mol. The first-order valence-electron chi connectivity index (χ1n) is 7.32. The Morgan fingerprint density at radius 2 is 1.73 bits per heavy atom. The Hall–Kier alpha value is -1.51. The van der Waals surface area contributed by atoms with E-state index in [0.29, 0.717) is 0 Å². The Kier molecular flexibility index (Phi) is 8.00. The van der Waals surface area contributed by atoms with Gasteiger partial charge in [0.15, 0.2) is 0 Å². The van der Waals surface area contributed by atoms with Crippen LogP contribution in [0.15, 0.2) is 0 Å². The molecule has 128 valence electrons. The van der Waals surface area contributed by atoms with Gasteiger partial charge in [-0.05, 0) is 19.3 Å². The van der Waals surface area contributed by atoms with Gasteiger partial charge in [-0.25, -0.2) is 4.79 Å². The number of hydrogen-bond acceptors (Lipinski definition) is 3. The fourth-order valence-electron chi connectivity index (χ4n) is 2.03. The van der Waals surface area contributed by atoms with Gasteiger partial charge < -0.3 is 20.3 Å². The van der Waals surface area contributed by atoms with E-state index < -0.39 is 18.8 Å². The molecule has 0 unspecified atom stereocenters. The van der Waals surface area contributed by atoms with Gasteiger partial charge >= 0.3 is 12.2 Å². The molecular formula is C13H22F3N3O3. The maximum atomic E-state index is 11.8. The summed E-state index contributed by atoms with van der Waals surface area (Å²) in [5, 5.41) is 5.02. The standard InChI is InChI=1S/C13H22F3N3O3/c14-13(15,16)10-22-9-3-5-17-12(21)18-6-4-11(20)19-7-1-2-8-19/h1-10H2,(H2,17,18,21). The maximum Gasteiger partial charge on any atom is 0.411 e. The normalized spacial score (nSPS) is 15.0. The number of carbonyl (C=O) groups is 2. The molecule has 22 heavy (non-hydrogen) atoms. The van der Waals surface area contributed by atoms with Gasteiger partial charge in [-0.15, -0.1) is 0 Å². The lowest BCUT2D eigenvalue weighted by Gasteiger charge is -2.15. The van der Waals surface area contributed by atoms with Crippen molar-refractivity contribution < 1.29 is 27.5 Å². The van der Waals surface area contributed by atoms with Gasteiger partial charge in [0.2, 0.25) is 5.91 Å². The Morgan fingerprint density at radius 1 is 1.09 bits per heavy atom. The summed E-state index contributed by atoms with van der Waals surface area (Å²) in [4.78, 5) is 24.8. The van der Waals surface area contributed by atoms with Crippen LogP contribution in [0.5, 0.6) is 0 Å². The highest BCUT2D eigenvalue weighted by Gasteiger charge is 2.27. The summed E-state index contributed by atoms with van der Waals surface area (Å²) in [6.45, 7) is 0.659. The molecule has 3 amide bonds. The van der Waals surface area contributed by atoms with E-state index in [-0.39, 0.29) is 38.4 Å². The average molecular weight is 325 g/mol. The summed E-state index contributed by atoms with van der Waals surface area (Å²) < 4.78 is 39.7. The lowest BCUT2D eigenvalue weighted by atomic mass is 10.3. The first-order chi connectivity index (χ1) is 10.4. The molecule has 0 aromatic heterocycles. The van der Waals surface area contributed by atoms with Crippen molar-refractivity contribution in [2.45, 2.75) is 31.9 Å². The third-order valence-electron chi connectivity index (χ3n) is 3.10. The molecule has 0 bridgehead atoms. The quantitative estimate of drug-likeness (QED) is 0.660. The van der Waals surface area contributed by atoms with Crippen LogP contribution >= 0.6 is 0 Å². The van der Waals surface area contributed by atoms with Gasteiger partial charge in [0.25, 0.3) is 0 Å². The maximum absolute atomic E-state index is 11.8. The van der Waals surface area contributed by atoms with Crippen molar-refractivity contribution in [1.29, 1.82) is 0 Å². The number of rotatable bonds is 8. The zero-order chi connectivity index (χ0) is 16.4. The molecule has 0 spiro atoms. The first-order valence-corrected chi connectivity index (χ1v) is 7.32. The van der Waals surface area contributed by atoms with E-state index in [4.69, 9.17) is 0 Å². The minimum Gasteiger partial charge on any atom is -0.372 e. The first kappa shape index (κ1) is 18.5. The van der Waals surface area contributed by atoms with E-state index in [2.05, 4.69) is 15.4 Å². The molecule has 0 aromatic rings. The van der Waals surface area contributed by atoms with Crippen LogP contribution in [0.4, 0.5) is 18.0 Å². The third kappa shape index (κ3) is 8.71. The van der Waals surface area contributed by atoms with Crippen molar-refractivity contribution in [2.75, 3.05) is 39.4 Å². The van der Waals surface area contributed by atoms with Gasteiger partial charge in [-0.1, -0.05) is 0 Å². The van der Waals surface area contributed by atoms with Crippen LogP contribution in [0.2, 0.25) is 0 Å². The smallest absolute Gasteiger partial charge is 0.372 e. The molecule has 1 rings (SSSR count). The molecule has 2 N–H and O–H groups in total. The van der Waals surface area contributed by atoms with E-state index in [1.807, 2.05) is 0 Å². The topological polar surface area (TPSA) is 70.7 Å². The number of nitrogens with one attached hydrogen (secondary N) is 2. The summed E-state index contributed by atoms with van der Waals surface area (Å²) in [7, 11) is 0. The Bertz CT molecular complexity index is 358. The average Bonchev–Trinajstić information content (AvgIpc) is 2.95. The number of urea groups is 1. The zero-order valence-corrected chi connectivity index (χ0v) is 12.4. The van der Waals surface area contributed by atoms with Crippen LogP contribution in [0.25, 0.3) is 0 Å². The predicted molar refractivity (Wildman–Crippen MR) is 73.3 cm³/mol. The second-order valence-electron chi connectivity index (χ2n) is 5.04. The fourth-order valence-corrected chi connectivity index (χ4v) is 2.03. The van der Waals surface area contributed by atoms with Crippen molar-refractivity contribution in [3.8, 4) is 0 Å². The van der Waals surface area contributed by atoms with Crippen molar-refractivity contribution in [3.05, 3.63) is 0 Å². The molecule has 1 aliphatic rings. The number of amides is 3. The van der Waals surface area contributed by atoms with E-state index >= 15 is 0 Å². The summed E-state index contributed by atoms with van der Waals surface area (Å²) in [5.41, 5.74) is 0. The Morgan fingerprint density at radius 3 is 2.36 bits per heavy atom. The predicted octanol–water partition coefficient (Wildman–Crippen LogP) is 1.27. The number of likely N-dealkylation sites (tertiary alicyclic amines) is 1. The lowest BCUT2D eigenvalue weighted by molar-refractivity contribution is -0.173. The number of nitrogens with zero attached hydrogens (tertiary/aromatic N) is 1. The Labute approximate surface area is 127 Å². The molecule has 0 radical (unpaired) electrons. The van der Waals surface area contributed by atoms with Gasteiger partial charge in [0.1, 0.15) is 6.61 Å². The van der Waals surface area contributed by atoms with E-state index in [1.54, 1.807) is 4.90 Å². The van der Waals surface area contributed by atoms with Crippen molar-refractivity contribution in [1.82, 2.24) is 15.5 Å². The molecule has 1 saturated heterocycles. The summed E-state index contributed by atoms with van der Waals surface area (Å²) in [5.74, 6) is 0.0263. The van der Waals surface area contributed by atoms with Crippen molar-refractivity contribution in [2.24, 2.45) is 0 Å². The molecule has 9 heteroatoms. The van der Waals surface area contributed by atoms with Crippen molar-refractivity contribution in [3.63, 3.8) is 0 Å². The second kappa shape index (κ2) is 9.50. The number of ether oxygens (including phenoxy) is 1. The van der Waals surface area contributed by atoms with E-state index in [1.165, 1.54) is 0 Å². The van der Waals surface area contributed by atoms with Crippen molar-refractivity contribution >= 4 is 11.9 Å². The highest BCUT2D eigenvalue weighted by molar-refractivity contribution is 5.78. The third-order valence-corrected chi connectivity index (χ3v) is 3.10. The second-order valence-corrected chi connectivity index (χ2v) is 5.04. The zero-order valence-electron chi connectivity index (χ0n) is 12.4. The van der Waals surface area contributed by atoms with E-state index in [0.717, 1.165) is 25.9 Å². The number of carbonyl (C=O) groups excluding carboxylic acids is 2. The fraction of sp³-hybridized carbons (Fsp3) is 0.846. The Balaban J connectivity index is 1.94. The molecule has 1 aliphatic heterocycles. The molecule has 6 nitrogen and oxygen atoms in total. The minimum absolute atomic E-state index is 0.0263. The van der Waals surface area contributed by atoms with Crippen LogP contribution in [-0.2, 0) is 9.53 Å². The van der Waals surface area contributed by atoms with Gasteiger partial charge in [-0.2, -0.15) is 13.2 Å². The molecule has 0 aliphatic carbocycles. The van der Waals surface area contributed by atoms with Crippen LogP contribution in [-0.4, -0.2) is 62.4 Å². The number of hydrogen-bond donors (Lipinski definition) is 2. The van der Waals surface area contributed by atoms with Crippen LogP contribution in [0.3, 0.4) is 0 Å². The van der Waals surface area contributed by atoms with Crippen LogP contribution < -0.4 is 10.6 Å². The summed E-state index contributed by atoms with van der Waals surface area (Å²) in [6, 6.07) is -0.440. The molecule has 1 heterocycles. The summed E-state index contributed by atoms with van der Waals surface area (Å²) in [6.07, 6.45) is -1.74. The van der Waals surface area contributed by atoms with E-state index in [9.17, 15) is 22.8 Å². The molecule has 1 fully saturated rings. The summed E-state index contributed by atoms with van der Waals surface area (Å²) >= 11 is 0. The number of alkyl halides is 3. The van der Waals surface area contributed by atoms with Crippen LogP contribution in [0.1, 0.15) is 25.7 Å². The SMILES string of the molecule is O=C(NCCCOCC(F)(F)F)NCCC(=O)N1CCCC1. The molecule has 0 aromatic carbocycles. The monoisotopic (exact) mass is 325 g/mol. The molecule has 0 atom stereocenters. The highest BCUT2D eigenvalue weighted by atomic mass is 19.4. The van der Waals surface area contributed by atoms with Gasteiger partial charge in [0, 0.05) is 39.2 Å². The van der Waals surface area contributed by atoms with Crippen LogP contribution in [0, 0.1) is 0 Å². The van der Waals surface area contributed by atoms with Gasteiger partial charge in [0.05, 0.1) is 0 Å². The largest absolute Gasteiger partial charge is 0.411 e. The van der Waals surface area contributed by atoms with Gasteiger partial charge in [-0.3, -0.25) is 4.79 Å².